The molecule has 8 heteroatoms. The molecule has 0 fully saturated rings. The molecule has 1 N–H and O–H groups in total. The quantitative estimate of drug-likeness (QED) is 0.435. The number of thioether (sulfide) groups is 1. The smallest absolute Gasteiger partial charge is 0.234 e. The topological polar surface area (TPSA) is 69.0 Å². The van der Waals surface area contributed by atoms with Crippen molar-refractivity contribution in [2.45, 2.75) is 46.0 Å². The lowest BCUT2D eigenvalue weighted by atomic mass is 10.1. The summed E-state index contributed by atoms with van der Waals surface area (Å²) in [6.45, 7) is 9.04. The predicted molar refractivity (Wildman–Crippen MR) is 124 cm³/mol. The lowest BCUT2D eigenvalue weighted by Crippen LogP contribution is -2.16. The van der Waals surface area contributed by atoms with Crippen molar-refractivity contribution in [3.63, 3.8) is 0 Å². The number of carbonyl (C=O) groups excluding carboxylic acids is 1. The van der Waals surface area contributed by atoms with Gasteiger partial charge in [-0.3, -0.25) is 4.79 Å². The number of benzene rings is 2. The van der Waals surface area contributed by atoms with Gasteiger partial charge in [-0.05, 0) is 68.7 Å². The second kappa shape index (κ2) is 10.1. The van der Waals surface area contributed by atoms with Gasteiger partial charge in [0, 0.05) is 16.7 Å². The molecule has 0 radical (unpaired) electrons. The number of hydrogen-bond donors (Lipinski definition) is 1. The first kappa shape index (κ1) is 22.4. The number of aromatic nitrogens is 3. The van der Waals surface area contributed by atoms with Crippen molar-refractivity contribution in [2.75, 3.05) is 11.1 Å². The number of nitrogens with zero attached hydrogens (tertiary/aromatic N) is 3. The Bertz CT molecular complexity index is 1030. The molecule has 158 valence electrons. The summed E-state index contributed by atoms with van der Waals surface area (Å²) in [7, 11) is 0. The highest BCUT2D eigenvalue weighted by molar-refractivity contribution is 9.10. The molecule has 2 aromatic carbocycles. The van der Waals surface area contributed by atoms with E-state index in [1.807, 2.05) is 68.7 Å². The fourth-order valence-electron chi connectivity index (χ4n) is 3.12. The zero-order valence-electron chi connectivity index (χ0n) is 17.5. The summed E-state index contributed by atoms with van der Waals surface area (Å²) in [4.78, 5) is 12.5. The van der Waals surface area contributed by atoms with Gasteiger partial charge in [-0.1, -0.05) is 39.8 Å². The van der Waals surface area contributed by atoms with Crippen LogP contribution in [0, 0.1) is 20.8 Å². The molecule has 0 saturated carbocycles. The summed E-state index contributed by atoms with van der Waals surface area (Å²) in [6, 6.07) is 11.9. The molecule has 0 spiro atoms. The van der Waals surface area contributed by atoms with E-state index < -0.39 is 0 Å². The maximum atomic E-state index is 12.5. The monoisotopic (exact) mass is 488 g/mol. The minimum Gasteiger partial charge on any atom is -0.486 e. The third-order valence-electron chi connectivity index (χ3n) is 4.56. The molecule has 1 heterocycles. The third kappa shape index (κ3) is 5.64. The Hall–Kier alpha value is -2.32. The van der Waals surface area contributed by atoms with E-state index in [-0.39, 0.29) is 11.7 Å². The van der Waals surface area contributed by atoms with Crippen LogP contribution in [0.4, 0.5) is 5.69 Å². The molecule has 3 rings (SSSR count). The average Bonchev–Trinajstić information content (AvgIpc) is 3.09. The lowest BCUT2D eigenvalue weighted by Gasteiger charge is -2.12. The van der Waals surface area contributed by atoms with Crippen LogP contribution in [0.2, 0.25) is 0 Å². The Kier molecular flexibility index (Phi) is 7.55. The van der Waals surface area contributed by atoms with E-state index in [4.69, 9.17) is 4.74 Å². The van der Waals surface area contributed by atoms with Gasteiger partial charge in [0.05, 0.1) is 5.75 Å². The van der Waals surface area contributed by atoms with Gasteiger partial charge < -0.3 is 14.6 Å². The summed E-state index contributed by atoms with van der Waals surface area (Å²) in [5, 5.41) is 12.2. The summed E-state index contributed by atoms with van der Waals surface area (Å²) in [5.41, 5.74) is 4.04. The fourth-order valence-corrected chi connectivity index (χ4v) is 4.62. The Balaban J connectivity index is 1.61. The Morgan fingerprint density at radius 2 is 1.90 bits per heavy atom. The van der Waals surface area contributed by atoms with Crippen molar-refractivity contribution < 1.29 is 9.53 Å². The second-order valence-electron chi connectivity index (χ2n) is 7.00. The van der Waals surface area contributed by atoms with Gasteiger partial charge in [-0.2, -0.15) is 0 Å². The van der Waals surface area contributed by atoms with Crippen LogP contribution in [0.25, 0.3) is 0 Å². The van der Waals surface area contributed by atoms with Crippen LogP contribution >= 0.6 is 27.7 Å². The molecule has 3 aromatic rings. The summed E-state index contributed by atoms with van der Waals surface area (Å²) < 4.78 is 8.83. The fraction of sp³-hybridized carbons (Fsp3) is 0.318. The van der Waals surface area contributed by atoms with Gasteiger partial charge in [-0.15, -0.1) is 10.2 Å². The molecule has 0 saturated heterocycles. The van der Waals surface area contributed by atoms with E-state index in [1.54, 1.807) is 0 Å². The number of amides is 1. The molecule has 0 aliphatic carbocycles. The maximum absolute atomic E-state index is 12.5. The van der Waals surface area contributed by atoms with E-state index in [1.165, 1.54) is 11.8 Å². The summed E-state index contributed by atoms with van der Waals surface area (Å²) >= 11 is 4.85. The number of anilines is 1. The summed E-state index contributed by atoms with van der Waals surface area (Å²) in [6.07, 6.45) is 0. The molecule has 0 bridgehead atoms. The standard InChI is InChI=1S/C22H25BrN4O2S/c1-5-27-19(12-29-18-8-6-7-14(2)9-18)25-26-22(27)30-13-20(28)24-21-15(3)10-17(23)11-16(21)4/h6-11H,5,12-13H2,1-4H3,(H,24,28). The minimum atomic E-state index is -0.0725. The average molecular weight is 489 g/mol. The van der Waals surface area contributed by atoms with Crippen LogP contribution in [0.5, 0.6) is 5.75 Å². The van der Waals surface area contributed by atoms with E-state index in [0.717, 1.165) is 38.4 Å². The van der Waals surface area contributed by atoms with Crippen LogP contribution in [0.3, 0.4) is 0 Å². The first-order valence-electron chi connectivity index (χ1n) is 9.68. The summed E-state index contributed by atoms with van der Waals surface area (Å²) in [5.74, 6) is 1.72. The molecule has 0 atom stereocenters. The normalized spacial score (nSPS) is 10.8. The molecule has 30 heavy (non-hydrogen) atoms. The first-order chi connectivity index (χ1) is 14.4. The van der Waals surface area contributed by atoms with Gasteiger partial charge in [0.15, 0.2) is 11.0 Å². The molecular formula is C22H25BrN4O2S. The molecule has 1 aromatic heterocycles. The first-order valence-corrected chi connectivity index (χ1v) is 11.5. The molecule has 1 amide bonds. The Morgan fingerprint density at radius 1 is 1.17 bits per heavy atom. The van der Waals surface area contributed by atoms with Gasteiger partial charge in [0.2, 0.25) is 5.91 Å². The largest absolute Gasteiger partial charge is 0.486 e. The second-order valence-corrected chi connectivity index (χ2v) is 8.86. The van der Waals surface area contributed by atoms with Crippen molar-refractivity contribution in [1.82, 2.24) is 14.8 Å². The highest BCUT2D eigenvalue weighted by atomic mass is 79.9. The van der Waals surface area contributed by atoms with Crippen LogP contribution in [0.15, 0.2) is 46.0 Å². The highest BCUT2D eigenvalue weighted by Gasteiger charge is 2.15. The van der Waals surface area contributed by atoms with Crippen LogP contribution in [-0.2, 0) is 17.9 Å². The van der Waals surface area contributed by atoms with Crippen molar-refractivity contribution in [2.24, 2.45) is 0 Å². The van der Waals surface area contributed by atoms with Crippen LogP contribution in [0.1, 0.15) is 29.4 Å². The number of halogens is 1. The number of hydrogen-bond acceptors (Lipinski definition) is 5. The Morgan fingerprint density at radius 3 is 2.57 bits per heavy atom. The van der Waals surface area contributed by atoms with Crippen molar-refractivity contribution in [3.05, 3.63) is 63.4 Å². The zero-order chi connectivity index (χ0) is 21.7. The maximum Gasteiger partial charge on any atom is 0.234 e. The molecular weight excluding hydrogens is 464 g/mol. The van der Waals surface area contributed by atoms with Crippen LogP contribution in [-0.4, -0.2) is 26.4 Å². The highest BCUT2D eigenvalue weighted by Crippen LogP contribution is 2.26. The van der Waals surface area contributed by atoms with E-state index in [0.29, 0.717) is 18.3 Å². The SMILES string of the molecule is CCn1c(COc2cccc(C)c2)nnc1SCC(=O)Nc1c(C)cc(Br)cc1C. The Labute approximate surface area is 189 Å². The van der Waals surface area contributed by atoms with Crippen molar-refractivity contribution in [3.8, 4) is 5.75 Å². The van der Waals surface area contributed by atoms with Crippen molar-refractivity contribution >= 4 is 39.3 Å². The zero-order valence-corrected chi connectivity index (χ0v) is 19.9. The minimum absolute atomic E-state index is 0.0725. The number of aryl methyl sites for hydroxylation is 3. The number of ether oxygens (including phenoxy) is 1. The van der Waals surface area contributed by atoms with E-state index >= 15 is 0 Å². The number of rotatable bonds is 8. The lowest BCUT2D eigenvalue weighted by molar-refractivity contribution is -0.113. The van der Waals surface area contributed by atoms with E-state index in [2.05, 4.69) is 31.4 Å². The molecule has 6 nitrogen and oxygen atoms in total. The predicted octanol–water partition coefficient (Wildman–Crippen LogP) is 5.30. The van der Waals surface area contributed by atoms with Gasteiger partial charge in [0.25, 0.3) is 0 Å². The van der Waals surface area contributed by atoms with Gasteiger partial charge in [-0.25, -0.2) is 0 Å². The third-order valence-corrected chi connectivity index (χ3v) is 5.99. The molecule has 0 aliphatic heterocycles. The number of carbonyl (C=O) groups is 1. The molecule has 0 unspecified atom stereocenters. The van der Waals surface area contributed by atoms with E-state index in [9.17, 15) is 4.79 Å². The van der Waals surface area contributed by atoms with Crippen molar-refractivity contribution in [1.29, 1.82) is 0 Å². The van der Waals surface area contributed by atoms with Crippen LogP contribution < -0.4 is 10.1 Å². The molecule has 0 aliphatic rings. The number of nitrogens with one attached hydrogen (secondary N) is 1. The van der Waals surface area contributed by atoms with Gasteiger partial charge >= 0.3 is 0 Å². The van der Waals surface area contributed by atoms with Gasteiger partial charge in [0.1, 0.15) is 12.4 Å².